The van der Waals surface area contributed by atoms with Gasteiger partial charge >= 0.3 is 0 Å². The fourth-order valence-corrected chi connectivity index (χ4v) is 2.63. The van der Waals surface area contributed by atoms with Crippen molar-refractivity contribution in [1.82, 2.24) is 0 Å². The van der Waals surface area contributed by atoms with Crippen LogP contribution in [0.5, 0.6) is 5.75 Å². The van der Waals surface area contributed by atoms with Crippen molar-refractivity contribution in [2.75, 3.05) is 17.7 Å². The summed E-state index contributed by atoms with van der Waals surface area (Å²) < 4.78 is 60.2. The van der Waals surface area contributed by atoms with E-state index in [0.29, 0.717) is 0 Å². The average molecular weight is 418 g/mol. The number of amides is 2. The summed E-state index contributed by atoms with van der Waals surface area (Å²) in [5.74, 6) is -5.81. The van der Waals surface area contributed by atoms with Crippen molar-refractivity contribution in [3.8, 4) is 5.75 Å². The molecule has 0 fully saturated rings. The molecule has 0 radical (unpaired) electrons. The molecule has 30 heavy (non-hydrogen) atoms. The monoisotopic (exact) mass is 418 g/mol. The Hall–Kier alpha value is -3.88. The van der Waals surface area contributed by atoms with E-state index in [1.165, 1.54) is 19.2 Å². The number of methoxy groups -OCH3 is 1. The maximum absolute atomic E-state index is 13.8. The van der Waals surface area contributed by atoms with Crippen LogP contribution in [0.2, 0.25) is 0 Å². The highest BCUT2D eigenvalue weighted by Crippen LogP contribution is 2.25. The Morgan fingerprint density at radius 1 is 0.733 bits per heavy atom. The van der Waals surface area contributed by atoms with E-state index in [1.807, 2.05) is 0 Å². The Morgan fingerprint density at radius 2 is 1.20 bits per heavy atom. The molecule has 3 aromatic carbocycles. The molecule has 0 saturated carbocycles. The van der Waals surface area contributed by atoms with E-state index >= 15 is 0 Å². The third kappa shape index (κ3) is 4.24. The van der Waals surface area contributed by atoms with Gasteiger partial charge in [-0.05, 0) is 42.5 Å². The first-order valence-corrected chi connectivity index (χ1v) is 8.50. The largest absolute Gasteiger partial charge is 0.496 e. The van der Waals surface area contributed by atoms with Gasteiger partial charge in [0.1, 0.15) is 40.4 Å². The van der Waals surface area contributed by atoms with Gasteiger partial charge in [0.2, 0.25) is 0 Å². The van der Waals surface area contributed by atoms with E-state index in [1.54, 1.807) is 0 Å². The van der Waals surface area contributed by atoms with Crippen LogP contribution in [0.15, 0.2) is 54.6 Å². The highest BCUT2D eigenvalue weighted by Gasteiger charge is 2.20. The van der Waals surface area contributed by atoms with Crippen LogP contribution < -0.4 is 15.4 Å². The third-order valence-corrected chi connectivity index (χ3v) is 4.11. The Balaban J connectivity index is 1.91. The number of carbonyl (C=O) groups is 2. The van der Waals surface area contributed by atoms with Crippen molar-refractivity contribution in [3.05, 3.63) is 89.0 Å². The van der Waals surface area contributed by atoms with Crippen molar-refractivity contribution in [3.63, 3.8) is 0 Å². The fraction of sp³-hybridized carbons (Fsp3) is 0.0476. The second kappa shape index (κ2) is 8.64. The average Bonchev–Trinajstić information content (AvgIpc) is 2.72. The number of para-hydroxylation sites is 2. The minimum Gasteiger partial charge on any atom is -0.496 e. The molecule has 0 heterocycles. The second-order valence-electron chi connectivity index (χ2n) is 6.02. The topological polar surface area (TPSA) is 67.4 Å². The molecule has 9 heteroatoms. The first-order valence-electron chi connectivity index (χ1n) is 8.50. The molecule has 0 spiro atoms. The number of nitrogens with one attached hydrogen (secondary N) is 2. The SMILES string of the molecule is COc1ccc(C(=O)Nc2c(F)cccc2F)cc1C(=O)Nc1c(F)cccc1F. The first-order chi connectivity index (χ1) is 14.3. The van der Waals surface area contributed by atoms with Crippen LogP contribution in [-0.2, 0) is 0 Å². The lowest BCUT2D eigenvalue weighted by atomic mass is 10.1. The van der Waals surface area contributed by atoms with E-state index in [4.69, 9.17) is 4.74 Å². The predicted molar refractivity (Wildman–Crippen MR) is 102 cm³/mol. The van der Waals surface area contributed by atoms with Crippen LogP contribution in [0.4, 0.5) is 28.9 Å². The zero-order valence-corrected chi connectivity index (χ0v) is 15.4. The number of benzene rings is 3. The molecule has 0 aliphatic rings. The van der Waals surface area contributed by atoms with Gasteiger partial charge in [0.25, 0.3) is 11.8 Å². The smallest absolute Gasteiger partial charge is 0.259 e. The van der Waals surface area contributed by atoms with E-state index in [-0.39, 0.29) is 16.9 Å². The molecule has 0 aliphatic carbocycles. The van der Waals surface area contributed by atoms with Gasteiger partial charge in [-0.3, -0.25) is 9.59 Å². The molecule has 3 aromatic rings. The van der Waals surface area contributed by atoms with Gasteiger partial charge in [0, 0.05) is 5.56 Å². The molecule has 154 valence electrons. The Bertz CT molecular complexity index is 1090. The minimum atomic E-state index is -0.994. The fourth-order valence-electron chi connectivity index (χ4n) is 2.63. The summed E-state index contributed by atoms with van der Waals surface area (Å²) in [6.45, 7) is 0. The molecule has 0 unspecified atom stereocenters. The van der Waals surface area contributed by atoms with E-state index in [0.717, 1.165) is 42.5 Å². The number of rotatable bonds is 5. The number of carbonyl (C=O) groups excluding carboxylic acids is 2. The zero-order valence-electron chi connectivity index (χ0n) is 15.4. The summed E-state index contributed by atoms with van der Waals surface area (Å²) in [7, 11) is 1.25. The molecule has 0 aliphatic heterocycles. The lowest BCUT2D eigenvalue weighted by molar-refractivity contribution is 0.102. The molecular formula is C21H14F4N2O3. The number of ether oxygens (including phenoxy) is 1. The highest BCUT2D eigenvalue weighted by molar-refractivity contribution is 6.10. The van der Waals surface area contributed by atoms with Gasteiger partial charge in [-0.15, -0.1) is 0 Å². The van der Waals surface area contributed by atoms with Crippen LogP contribution in [0, 0.1) is 23.3 Å². The highest BCUT2D eigenvalue weighted by atomic mass is 19.1. The molecule has 2 amide bonds. The number of hydrogen-bond acceptors (Lipinski definition) is 3. The summed E-state index contributed by atoms with van der Waals surface area (Å²) in [5.41, 5.74) is -1.69. The summed E-state index contributed by atoms with van der Waals surface area (Å²) in [4.78, 5) is 25.0. The van der Waals surface area contributed by atoms with Crippen LogP contribution in [0.25, 0.3) is 0 Å². The van der Waals surface area contributed by atoms with Crippen molar-refractivity contribution in [2.45, 2.75) is 0 Å². The molecule has 2 N–H and O–H groups in total. The van der Waals surface area contributed by atoms with Crippen molar-refractivity contribution >= 4 is 23.2 Å². The summed E-state index contributed by atoms with van der Waals surface area (Å²) >= 11 is 0. The van der Waals surface area contributed by atoms with Crippen LogP contribution in [0.1, 0.15) is 20.7 Å². The zero-order chi connectivity index (χ0) is 21.8. The third-order valence-electron chi connectivity index (χ3n) is 4.11. The van der Waals surface area contributed by atoms with Crippen LogP contribution in [0.3, 0.4) is 0 Å². The van der Waals surface area contributed by atoms with Gasteiger partial charge in [0.15, 0.2) is 0 Å². The number of hydrogen-bond donors (Lipinski definition) is 2. The van der Waals surface area contributed by atoms with Gasteiger partial charge in [0.05, 0.1) is 12.7 Å². The van der Waals surface area contributed by atoms with Crippen molar-refractivity contribution in [1.29, 1.82) is 0 Å². The second-order valence-corrected chi connectivity index (χ2v) is 6.02. The standard InChI is InChI=1S/C21H14F4N2O3/c1-30-17-9-8-11(20(28)26-18-13(22)4-2-5-14(18)23)10-12(17)21(29)27-19-15(24)6-3-7-16(19)25/h2-10H,1H3,(H,26,28)(H,27,29). The molecular weight excluding hydrogens is 404 g/mol. The maximum Gasteiger partial charge on any atom is 0.259 e. The lowest BCUT2D eigenvalue weighted by Gasteiger charge is -2.13. The lowest BCUT2D eigenvalue weighted by Crippen LogP contribution is -2.18. The van der Waals surface area contributed by atoms with E-state index in [2.05, 4.69) is 10.6 Å². The van der Waals surface area contributed by atoms with Gasteiger partial charge in [-0.2, -0.15) is 0 Å². The van der Waals surface area contributed by atoms with E-state index < -0.39 is 46.5 Å². The van der Waals surface area contributed by atoms with Crippen LogP contribution >= 0.6 is 0 Å². The summed E-state index contributed by atoms with van der Waals surface area (Å²) in [6.07, 6.45) is 0. The minimum absolute atomic E-state index is 0.0119. The van der Waals surface area contributed by atoms with Gasteiger partial charge < -0.3 is 15.4 Å². The molecule has 0 bridgehead atoms. The number of anilines is 2. The summed E-state index contributed by atoms with van der Waals surface area (Å²) in [5, 5.41) is 4.17. The molecule has 0 saturated heterocycles. The molecule has 0 atom stereocenters. The van der Waals surface area contributed by atoms with Crippen molar-refractivity contribution < 1.29 is 31.9 Å². The normalized spacial score (nSPS) is 10.4. The molecule has 5 nitrogen and oxygen atoms in total. The van der Waals surface area contributed by atoms with Gasteiger partial charge in [-0.1, -0.05) is 12.1 Å². The number of halogens is 4. The molecule has 0 aromatic heterocycles. The Kier molecular flexibility index (Phi) is 6.01. The quantitative estimate of drug-likeness (QED) is 0.588. The maximum atomic E-state index is 13.8. The molecule has 3 rings (SSSR count). The van der Waals surface area contributed by atoms with Gasteiger partial charge in [-0.25, -0.2) is 17.6 Å². The van der Waals surface area contributed by atoms with Crippen LogP contribution in [-0.4, -0.2) is 18.9 Å². The Morgan fingerprint density at radius 3 is 1.67 bits per heavy atom. The first kappa shape index (κ1) is 20.8. The predicted octanol–water partition coefficient (Wildman–Crippen LogP) is 4.76. The van der Waals surface area contributed by atoms with E-state index in [9.17, 15) is 27.2 Å². The Labute approximate surface area is 168 Å². The summed E-state index contributed by atoms with van der Waals surface area (Å²) in [6, 6.07) is 9.72. The van der Waals surface area contributed by atoms with Crippen molar-refractivity contribution in [2.24, 2.45) is 0 Å².